The van der Waals surface area contributed by atoms with Crippen molar-refractivity contribution in [1.29, 1.82) is 0 Å². The van der Waals surface area contributed by atoms with Crippen LogP contribution in [0.2, 0.25) is 0 Å². The summed E-state index contributed by atoms with van der Waals surface area (Å²) in [5.74, 6) is 0.706. The molecular formula is C15H22N2O2. The van der Waals surface area contributed by atoms with Crippen LogP contribution in [0, 0.1) is 12.8 Å². The van der Waals surface area contributed by atoms with Crippen LogP contribution in [0.4, 0.5) is 5.82 Å². The van der Waals surface area contributed by atoms with Gasteiger partial charge in [0.05, 0.1) is 11.3 Å². The summed E-state index contributed by atoms with van der Waals surface area (Å²) in [4.78, 5) is 15.2. The molecule has 0 spiro atoms. The summed E-state index contributed by atoms with van der Waals surface area (Å²) in [5.41, 5.74) is 0.841. The predicted molar refractivity (Wildman–Crippen MR) is 75.6 cm³/mol. The smallest absolute Gasteiger partial charge is 0.337 e. The van der Waals surface area contributed by atoms with Crippen LogP contribution in [0.1, 0.15) is 54.6 Å². The van der Waals surface area contributed by atoms with Crippen LogP contribution in [0.3, 0.4) is 0 Å². The number of hydrogen-bond acceptors (Lipinski definition) is 3. The Balaban J connectivity index is 1.82. The summed E-state index contributed by atoms with van der Waals surface area (Å²) in [7, 11) is 0. The third-order valence-corrected chi connectivity index (χ3v) is 3.90. The van der Waals surface area contributed by atoms with E-state index in [9.17, 15) is 4.79 Å². The fraction of sp³-hybridized carbons (Fsp3) is 0.600. The topological polar surface area (TPSA) is 62.2 Å². The van der Waals surface area contributed by atoms with Crippen molar-refractivity contribution in [3.8, 4) is 0 Å². The fourth-order valence-corrected chi connectivity index (χ4v) is 2.77. The highest BCUT2D eigenvalue weighted by atomic mass is 16.4. The molecule has 0 saturated heterocycles. The lowest BCUT2D eigenvalue weighted by Gasteiger charge is -2.21. The molecule has 4 heteroatoms. The molecule has 2 N–H and O–H groups in total. The van der Waals surface area contributed by atoms with E-state index in [4.69, 9.17) is 5.11 Å². The van der Waals surface area contributed by atoms with Gasteiger partial charge < -0.3 is 10.4 Å². The number of carboxylic acid groups (broad SMARTS) is 1. The molecule has 19 heavy (non-hydrogen) atoms. The zero-order valence-corrected chi connectivity index (χ0v) is 11.5. The summed E-state index contributed by atoms with van der Waals surface area (Å²) >= 11 is 0. The Bertz CT molecular complexity index is 440. The summed E-state index contributed by atoms with van der Waals surface area (Å²) < 4.78 is 0. The molecule has 0 radical (unpaired) electrons. The lowest BCUT2D eigenvalue weighted by molar-refractivity contribution is 0.0695. The van der Waals surface area contributed by atoms with Gasteiger partial charge in [-0.3, -0.25) is 0 Å². The van der Waals surface area contributed by atoms with Crippen molar-refractivity contribution in [2.45, 2.75) is 45.4 Å². The van der Waals surface area contributed by atoms with E-state index in [0.29, 0.717) is 5.69 Å². The number of nitrogens with one attached hydrogen (secondary N) is 1. The van der Waals surface area contributed by atoms with Crippen LogP contribution < -0.4 is 5.32 Å². The molecule has 1 aromatic rings. The maximum atomic E-state index is 10.9. The minimum absolute atomic E-state index is 0.276. The van der Waals surface area contributed by atoms with Crippen LogP contribution in [0.15, 0.2) is 12.1 Å². The quantitative estimate of drug-likeness (QED) is 0.853. The first-order chi connectivity index (χ1) is 9.16. The van der Waals surface area contributed by atoms with Crippen LogP contribution >= 0.6 is 0 Å². The van der Waals surface area contributed by atoms with Crippen molar-refractivity contribution in [3.05, 3.63) is 23.4 Å². The average Bonchev–Trinajstić information content (AvgIpc) is 2.39. The maximum Gasteiger partial charge on any atom is 0.337 e. The molecule has 1 heterocycles. The second-order valence-corrected chi connectivity index (χ2v) is 5.35. The lowest BCUT2D eigenvalue weighted by Crippen LogP contribution is -2.13. The standard InChI is InChI=1S/C15H22N2O2/c1-11-13(15(18)19)7-8-14(17-11)16-10-9-12-5-3-2-4-6-12/h7-8,12H,2-6,9-10H2,1H3,(H,16,17)(H,18,19). The Labute approximate surface area is 114 Å². The third kappa shape index (κ3) is 3.94. The second kappa shape index (κ2) is 6.55. The number of aryl methyl sites for hydroxylation is 1. The highest BCUT2D eigenvalue weighted by molar-refractivity contribution is 5.89. The maximum absolute atomic E-state index is 10.9. The zero-order chi connectivity index (χ0) is 13.7. The van der Waals surface area contributed by atoms with Crippen LogP contribution in [-0.4, -0.2) is 22.6 Å². The van der Waals surface area contributed by atoms with Gasteiger partial charge in [-0.1, -0.05) is 32.1 Å². The summed E-state index contributed by atoms with van der Waals surface area (Å²) in [6.45, 7) is 2.65. The van der Waals surface area contributed by atoms with Gasteiger partial charge >= 0.3 is 5.97 Å². The molecule has 0 unspecified atom stereocenters. The Hall–Kier alpha value is -1.58. The van der Waals surface area contributed by atoms with Gasteiger partial charge in [-0.15, -0.1) is 0 Å². The number of pyridine rings is 1. The molecule has 104 valence electrons. The molecule has 1 aromatic heterocycles. The lowest BCUT2D eigenvalue weighted by atomic mass is 9.87. The molecule has 0 atom stereocenters. The molecular weight excluding hydrogens is 240 g/mol. The van der Waals surface area contributed by atoms with Crippen molar-refractivity contribution < 1.29 is 9.90 Å². The number of carbonyl (C=O) groups is 1. The van der Waals surface area contributed by atoms with Crippen LogP contribution in [-0.2, 0) is 0 Å². The minimum Gasteiger partial charge on any atom is -0.478 e. The van der Waals surface area contributed by atoms with Crippen molar-refractivity contribution in [1.82, 2.24) is 4.98 Å². The van der Waals surface area contributed by atoms with E-state index in [1.807, 2.05) is 0 Å². The first kappa shape index (κ1) is 13.8. The van der Waals surface area contributed by atoms with Gasteiger partial charge in [0.1, 0.15) is 5.82 Å². The molecule has 2 rings (SSSR count). The van der Waals surface area contributed by atoms with Crippen molar-refractivity contribution in [2.24, 2.45) is 5.92 Å². The molecule has 1 aliphatic carbocycles. The van der Waals surface area contributed by atoms with E-state index in [1.54, 1.807) is 19.1 Å². The van der Waals surface area contributed by atoms with Gasteiger partial charge in [0, 0.05) is 6.54 Å². The van der Waals surface area contributed by atoms with Gasteiger partial charge in [-0.25, -0.2) is 9.78 Å². The van der Waals surface area contributed by atoms with Crippen molar-refractivity contribution in [3.63, 3.8) is 0 Å². The molecule has 0 aromatic carbocycles. The van der Waals surface area contributed by atoms with E-state index in [2.05, 4.69) is 10.3 Å². The van der Waals surface area contributed by atoms with Gasteiger partial charge in [-0.05, 0) is 31.4 Å². The van der Waals surface area contributed by atoms with Crippen LogP contribution in [0.5, 0.6) is 0 Å². The second-order valence-electron chi connectivity index (χ2n) is 5.35. The van der Waals surface area contributed by atoms with Gasteiger partial charge in [0.2, 0.25) is 0 Å². The van der Waals surface area contributed by atoms with Crippen molar-refractivity contribution >= 4 is 11.8 Å². The van der Waals surface area contributed by atoms with E-state index in [1.165, 1.54) is 38.5 Å². The summed E-state index contributed by atoms with van der Waals surface area (Å²) in [6.07, 6.45) is 8.02. The number of nitrogens with zero attached hydrogens (tertiary/aromatic N) is 1. The number of anilines is 1. The number of hydrogen-bond donors (Lipinski definition) is 2. The third-order valence-electron chi connectivity index (χ3n) is 3.90. The Morgan fingerprint density at radius 1 is 1.37 bits per heavy atom. The monoisotopic (exact) mass is 262 g/mol. The SMILES string of the molecule is Cc1nc(NCCC2CCCCC2)ccc1C(=O)O. The van der Waals surface area contributed by atoms with E-state index >= 15 is 0 Å². The molecule has 1 saturated carbocycles. The van der Waals surface area contributed by atoms with E-state index in [-0.39, 0.29) is 5.56 Å². The predicted octanol–water partition coefficient (Wildman–Crippen LogP) is 3.47. The number of carboxylic acids is 1. The fourth-order valence-electron chi connectivity index (χ4n) is 2.77. The normalized spacial score (nSPS) is 16.3. The molecule has 1 fully saturated rings. The Morgan fingerprint density at radius 2 is 2.11 bits per heavy atom. The number of aromatic nitrogens is 1. The number of aromatic carboxylic acids is 1. The van der Waals surface area contributed by atoms with Gasteiger partial charge in [0.25, 0.3) is 0 Å². The van der Waals surface area contributed by atoms with Crippen LogP contribution in [0.25, 0.3) is 0 Å². The summed E-state index contributed by atoms with van der Waals surface area (Å²) in [6, 6.07) is 3.37. The first-order valence-electron chi connectivity index (χ1n) is 7.11. The van der Waals surface area contributed by atoms with E-state index < -0.39 is 5.97 Å². The summed E-state index contributed by atoms with van der Waals surface area (Å²) in [5, 5.41) is 12.2. The molecule has 1 aliphatic rings. The average molecular weight is 262 g/mol. The van der Waals surface area contributed by atoms with Gasteiger partial charge in [-0.2, -0.15) is 0 Å². The van der Waals surface area contributed by atoms with E-state index in [0.717, 1.165) is 18.3 Å². The Morgan fingerprint density at radius 3 is 2.74 bits per heavy atom. The number of rotatable bonds is 5. The zero-order valence-electron chi connectivity index (χ0n) is 11.5. The van der Waals surface area contributed by atoms with Gasteiger partial charge in [0.15, 0.2) is 0 Å². The molecule has 0 amide bonds. The largest absolute Gasteiger partial charge is 0.478 e. The van der Waals surface area contributed by atoms with Crippen molar-refractivity contribution in [2.75, 3.05) is 11.9 Å². The highest BCUT2D eigenvalue weighted by Gasteiger charge is 2.13. The molecule has 0 aliphatic heterocycles. The minimum atomic E-state index is -0.918. The Kier molecular flexibility index (Phi) is 4.77. The first-order valence-corrected chi connectivity index (χ1v) is 7.11. The highest BCUT2D eigenvalue weighted by Crippen LogP contribution is 2.26. The molecule has 4 nitrogen and oxygen atoms in total. The molecule has 0 bridgehead atoms.